The first kappa shape index (κ1) is 15.0. The molecule has 5 nitrogen and oxygen atoms in total. The first-order chi connectivity index (χ1) is 9.88. The molecule has 0 saturated heterocycles. The molecule has 4 N–H and O–H groups in total. The molecule has 0 saturated carbocycles. The number of anilines is 1. The van der Waals surface area contributed by atoms with Gasteiger partial charge in [-0.2, -0.15) is 0 Å². The maximum absolute atomic E-state index is 10.8. The Labute approximate surface area is 126 Å². The number of hydrogen-bond acceptors (Lipinski definition) is 4. The van der Waals surface area contributed by atoms with Gasteiger partial charge in [-0.1, -0.05) is 11.6 Å². The number of carbonyl (C=O) groups is 1. The molecular formula is C15H14ClNO4. The van der Waals surface area contributed by atoms with Gasteiger partial charge in [-0.05, 0) is 37.3 Å². The quantitative estimate of drug-likeness (QED) is 0.692. The van der Waals surface area contributed by atoms with Crippen LogP contribution in [0.25, 0.3) is 0 Å². The van der Waals surface area contributed by atoms with Crippen molar-refractivity contribution in [2.24, 2.45) is 0 Å². The highest BCUT2D eigenvalue weighted by Gasteiger charge is 2.13. The fraction of sp³-hybridized carbons (Fsp3) is 0.133. The number of phenolic OH excluding ortho intramolecular Hbond substituents is 1. The fourth-order valence-corrected chi connectivity index (χ4v) is 2.18. The van der Waals surface area contributed by atoms with Gasteiger partial charge in [0.15, 0.2) is 0 Å². The molecule has 0 aromatic heterocycles. The van der Waals surface area contributed by atoms with Gasteiger partial charge in [0, 0.05) is 22.3 Å². The van der Waals surface area contributed by atoms with Crippen LogP contribution < -0.4 is 5.32 Å². The topological polar surface area (TPSA) is 89.8 Å². The van der Waals surface area contributed by atoms with E-state index in [0.29, 0.717) is 16.3 Å². The van der Waals surface area contributed by atoms with Crippen molar-refractivity contribution in [2.45, 2.75) is 13.0 Å². The molecule has 2 rings (SSSR count). The van der Waals surface area contributed by atoms with Gasteiger partial charge in [0.2, 0.25) is 0 Å². The summed E-state index contributed by atoms with van der Waals surface area (Å²) in [5.41, 5.74) is 0.965. The second kappa shape index (κ2) is 5.93. The second-order valence-electron chi connectivity index (χ2n) is 4.61. The predicted molar refractivity (Wildman–Crippen MR) is 80.2 cm³/mol. The predicted octanol–water partition coefficient (Wildman–Crippen LogP) is 3.62. The van der Waals surface area contributed by atoms with Crippen molar-refractivity contribution < 1.29 is 20.1 Å². The first-order valence-corrected chi connectivity index (χ1v) is 6.57. The molecule has 0 heterocycles. The molecule has 0 amide bonds. The van der Waals surface area contributed by atoms with Gasteiger partial charge in [0.25, 0.3) is 0 Å². The molecule has 0 aliphatic rings. The summed E-state index contributed by atoms with van der Waals surface area (Å²) in [4.78, 5) is 10.8. The van der Waals surface area contributed by atoms with Crippen LogP contribution in [-0.4, -0.2) is 21.3 Å². The summed E-state index contributed by atoms with van der Waals surface area (Å²) in [6.45, 7) is 1.81. The van der Waals surface area contributed by atoms with Crippen molar-refractivity contribution in [1.29, 1.82) is 0 Å². The number of rotatable bonds is 4. The number of carboxylic acid groups (broad SMARTS) is 1. The molecule has 1 unspecified atom stereocenters. The van der Waals surface area contributed by atoms with Gasteiger partial charge in [-0.25, -0.2) is 4.79 Å². The number of halogens is 1. The standard InChI is InChI=1S/C15H14ClNO4/c1-8(12-6-9(16)2-5-13(12)18)17-10-3-4-11(15(20)21)14(19)7-10/h2-8,17-19H,1H3,(H,20,21). The molecule has 0 radical (unpaired) electrons. The minimum absolute atomic E-state index is 0.103. The average molecular weight is 308 g/mol. The zero-order chi connectivity index (χ0) is 15.6. The van der Waals surface area contributed by atoms with Gasteiger partial charge in [0.1, 0.15) is 17.1 Å². The van der Waals surface area contributed by atoms with Crippen molar-refractivity contribution in [3.63, 3.8) is 0 Å². The van der Waals surface area contributed by atoms with E-state index >= 15 is 0 Å². The molecule has 0 bridgehead atoms. The summed E-state index contributed by atoms with van der Waals surface area (Å²) in [5.74, 6) is -1.42. The minimum atomic E-state index is -1.19. The molecule has 0 fully saturated rings. The van der Waals surface area contributed by atoms with Gasteiger partial charge in [0.05, 0.1) is 6.04 Å². The average Bonchev–Trinajstić information content (AvgIpc) is 2.41. The van der Waals surface area contributed by atoms with Crippen molar-refractivity contribution in [2.75, 3.05) is 5.32 Å². The van der Waals surface area contributed by atoms with Crippen LogP contribution in [-0.2, 0) is 0 Å². The highest BCUT2D eigenvalue weighted by Crippen LogP contribution is 2.31. The van der Waals surface area contributed by atoms with E-state index in [4.69, 9.17) is 16.7 Å². The summed E-state index contributed by atoms with van der Waals surface area (Å²) in [6.07, 6.45) is 0. The Balaban J connectivity index is 2.23. The molecular weight excluding hydrogens is 294 g/mol. The molecule has 2 aromatic rings. The number of aromatic carboxylic acids is 1. The van der Waals surface area contributed by atoms with E-state index in [1.165, 1.54) is 18.2 Å². The summed E-state index contributed by atoms with van der Waals surface area (Å²) in [7, 11) is 0. The zero-order valence-electron chi connectivity index (χ0n) is 11.2. The van der Waals surface area contributed by atoms with Crippen LogP contribution >= 0.6 is 11.6 Å². The lowest BCUT2D eigenvalue weighted by Gasteiger charge is -2.17. The normalized spacial score (nSPS) is 11.9. The Morgan fingerprint density at radius 3 is 2.48 bits per heavy atom. The number of hydrogen-bond donors (Lipinski definition) is 4. The molecule has 0 aliphatic heterocycles. The van der Waals surface area contributed by atoms with Crippen molar-refractivity contribution in [3.05, 3.63) is 52.5 Å². The van der Waals surface area contributed by atoms with E-state index in [0.717, 1.165) is 0 Å². The van der Waals surface area contributed by atoms with E-state index in [9.17, 15) is 15.0 Å². The van der Waals surface area contributed by atoms with Crippen LogP contribution in [0.3, 0.4) is 0 Å². The van der Waals surface area contributed by atoms with Gasteiger partial charge < -0.3 is 20.6 Å². The second-order valence-corrected chi connectivity index (χ2v) is 5.04. The third-order valence-electron chi connectivity index (χ3n) is 3.07. The van der Waals surface area contributed by atoms with Gasteiger partial charge in [-0.15, -0.1) is 0 Å². The molecule has 21 heavy (non-hydrogen) atoms. The molecule has 6 heteroatoms. The van der Waals surface area contributed by atoms with Crippen LogP contribution in [0, 0.1) is 0 Å². The number of nitrogens with one attached hydrogen (secondary N) is 1. The lowest BCUT2D eigenvalue weighted by atomic mass is 10.1. The highest BCUT2D eigenvalue weighted by molar-refractivity contribution is 6.30. The Hall–Kier alpha value is -2.40. The lowest BCUT2D eigenvalue weighted by molar-refractivity contribution is 0.0694. The first-order valence-electron chi connectivity index (χ1n) is 6.19. The Kier molecular flexibility index (Phi) is 4.23. The summed E-state index contributed by atoms with van der Waals surface area (Å²) < 4.78 is 0. The Morgan fingerprint density at radius 1 is 1.14 bits per heavy atom. The fourth-order valence-electron chi connectivity index (χ4n) is 2.00. The summed E-state index contributed by atoms with van der Waals surface area (Å²) in [6, 6.07) is 8.62. The lowest BCUT2D eigenvalue weighted by Crippen LogP contribution is -2.07. The van der Waals surface area contributed by atoms with E-state index in [2.05, 4.69) is 5.32 Å². The van der Waals surface area contributed by atoms with Crippen molar-refractivity contribution >= 4 is 23.3 Å². The summed E-state index contributed by atoms with van der Waals surface area (Å²) in [5, 5.41) is 31.9. The molecule has 2 aromatic carbocycles. The van der Waals surface area contributed by atoms with Crippen molar-refractivity contribution in [3.8, 4) is 11.5 Å². The van der Waals surface area contributed by atoms with Crippen molar-refractivity contribution in [1.82, 2.24) is 0 Å². The number of phenols is 2. The minimum Gasteiger partial charge on any atom is -0.508 e. The zero-order valence-corrected chi connectivity index (χ0v) is 11.9. The third-order valence-corrected chi connectivity index (χ3v) is 3.30. The highest BCUT2D eigenvalue weighted by atomic mass is 35.5. The number of aromatic hydroxyl groups is 2. The third kappa shape index (κ3) is 3.38. The van der Waals surface area contributed by atoms with Gasteiger partial charge >= 0.3 is 5.97 Å². The van der Waals surface area contributed by atoms with E-state index < -0.39 is 5.97 Å². The monoisotopic (exact) mass is 307 g/mol. The largest absolute Gasteiger partial charge is 0.508 e. The summed E-state index contributed by atoms with van der Waals surface area (Å²) >= 11 is 5.90. The van der Waals surface area contributed by atoms with Crippen LogP contribution in [0.15, 0.2) is 36.4 Å². The van der Waals surface area contributed by atoms with E-state index in [-0.39, 0.29) is 23.1 Å². The molecule has 1 atom stereocenters. The molecule has 0 aliphatic carbocycles. The molecule has 110 valence electrons. The van der Waals surface area contributed by atoms with Crippen LogP contribution in [0.5, 0.6) is 11.5 Å². The Bertz CT molecular complexity index is 687. The van der Waals surface area contributed by atoms with Crippen LogP contribution in [0.4, 0.5) is 5.69 Å². The Morgan fingerprint density at radius 2 is 1.86 bits per heavy atom. The van der Waals surface area contributed by atoms with Crippen LogP contribution in [0.1, 0.15) is 28.9 Å². The van der Waals surface area contributed by atoms with Crippen LogP contribution in [0.2, 0.25) is 5.02 Å². The number of carboxylic acids is 1. The maximum atomic E-state index is 10.8. The number of benzene rings is 2. The maximum Gasteiger partial charge on any atom is 0.339 e. The SMILES string of the molecule is CC(Nc1ccc(C(=O)O)c(O)c1)c1cc(Cl)ccc1O. The smallest absolute Gasteiger partial charge is 0.339 e. The van der Waals surface area contributed by atoms with Gasteiger partial charge in [-0.3, -0.25) is 0 Å². The van der Waals surface area contributed by atoms with E-state index in [1.807, 2.05) is 6.92 Å². The van der Waals surface area contributed by atoms with E-state index in [1.54, 1.807) is 18.2 Å². The molecule has 0 spiro atoms.